The number of carbonyl (C=O) groups excluding carboxylic acids is 1. The highest BCUT2D eigenvalue weighted by Crippen LogP contribution is 2.19. The van der Waals surface area contributed by atoms with Crippen LogP contribution in [-0.4, -0.2) is 22.6 Å². The van der Waals surface area contributed by atoms with Gasteiger partial charge in [-0.15, -0.1) is 0 Å². The van der Waals surface area contributed by atoms with Gasteiger partial charge in [0.05, 0.1) is 17.6 Å². The van der Waals surface area contributed by atoms with Crippen LogP contribution in [0.15, 0.2) is 79.1 Å². The first-order chi connectivity index (χ1) is 13.2. The first-order valence-electron chi connectivity index (χ1n) is 8.66. The summed E-state index contributed by atoms with van der Waals surface area (Å²) in [5.41, 5.74) is 5.35. The lowest BCUT2D eigenvalue weighted by atomic mass is 10.1. The van der Waals surface area contributed by atoms with Crippen molar-refractivity contribution in [3.63, 3.8) is 0 Å². The quantitative estimate of drug-likeness (QED) is 0.575. The van der Waals surface area contributed by atoms with Crippen LogP contribution in [0.5, 0.6) is 0 Å². The Morgan fingerprint density at radius 3 is 2.48 bits per heavy atom. The Bertz CT molecular complexity index is 1070. The number of hydrogen-bond acceptors (Lipinski definition) is 3. The first-order valence-corrected chi connectivity index (χ1v) is 8.66. The zero-order valence-corrected chi connectivity index (χ0v) is 14.9. The number of benzene rings is 3. The standard InChI is InChI=1S/C22H19N3O2/c1-27-14-16-6-10-18(11-7-16)24-22(26)17-8-12-19(13-9-17)25-15-23-20-4-2-3-5-21(20)25/h2-13,15H,14H2,1H3,(H,24,26). The van der Waals surface area contributed by atoms with E-state index >= 15 is 0 Å². The van der Waals surface area contributed by atoms with Gasteiger partial charge in [-0.25, -0.2) is 4.98 Å². The molecule has 0 spiro atoms. The van der Waals surface area contributed by atoms with Crippen LogP contribution in [0.1, 0.15) is 15.9 Å². The van der Waals surface area contributed by atoms with Gasteiger partial charge in [0.15, 0.2) is 0 Å². The van der Waals surface area contributed by atoms with E-state index in [1.807, 2.05) is 77.4 Å². The minimum Gasteiger partial charge on any atom is -0.380 e. The van der Waals surface area contributed by atoms with Gasteiger partial charge in [0, 0.05) is 24.0 Å². The molecule has 27 heavy (non-hydrogen) atoms. The summed E-state index contributed by atoms with van der Waals surface area (Å²) in [6, 6.07) is 23.1. The fourth-order valence-electron chi connectivity index (χ4n) is 2.99. The van der Waals surface area contributed by atoms with Crippen LogP contribution in [0.25, 0.3) is 16.7 Å². The average molecular weight is 357 g/mol. The number of nitrogens with one attached hydrogen (secondary N) is 1. The molecular formula is C22H19N3O2. The number of ether oxygens (including phenoxy) is 1. The number of nitrogens with zero attached hydrogens (tertiary/aromatic N) is 2. The number of hydrogen-bond donors (Lipinski definition) is 1. The molecule has 1 aromatic heterocycles. The van der Waals surface area contributed by atoms with Gasteiger partial charge in [-0.1, -0.05) is 24.3 Å². The van der Waals surface area contributed by atoms with Gasteiger partial charge < -0.3 is 10.1 Å². The number of rotatable bonds is 5. The van der Waals surface area contributed by atoms with Crippen LogP contribution in [0.3, 0.4) is 0 Å². The second-order valence-corrected chi connectivity index (χ2v) is 6.23. The highest BCUT2D eigenvalue weighted by atomic mass is 16.5. The highest BCUT2D eigenvalue weighted by Gasteiger charge is 2.08. The molecule has 0 unspecified atom stereocenters. The zero-order chi connectivity index (χ0) is 18.6. The van der Waals surface area contributed by atoms with Crippen molar-refractivity contribution in [1.82, 2.24) is 9.55 Å². The topological polar surface area (TPSA) is 56.1 Å². The summed E-state index contributed by atoms with van der Waals surface area (Å²) in [5.74, 6) is -0.142. The summed E-state index contributed by atoms with van der Waals surface area (Å²) >= 11 is 0. The Kier molecular flexibility index (Phi) is 4.68. The molecule has 134 valence electrons. The van der Waals surface area contributed by atoms with Gasteiger partial charge in [-0.05, 0) is 54.1 Å². The SMILES string of the molecule is COCc1ccc(NC(=O)c2ccc(-n3cnc4ccccc43)cc2)cc1. The number of methoxy groups -OCH3 is 1. The van der Waals surface area contributed by atoms with Crippen molar-refractivity contribution in [2.45, 2.75) is 6.61 Å². The van der Waals surface area contributed by atoms with Gasteiger partial charge in [0.1, 0.15) is 6.33 Å². The molecule has 5 heteroatoms. The predicted molar refractivity (Wildman–Crippen MR) is 106 cm³/mol. The van der Waals surface area contributed by atoms with Crippen molar-refractivity contribution < 1.29 is 9.53 Å². The molecule has 0 atom stereocenters. The van der Waals surface area contributed by atoms with Crippen molar-refractivity contribution in [2.75, 3.05) is 12.4 Å². The average Bonchev–Trinajstić information content (AvgIpc) is 3.14. The van der Waals surface area contributed by atoms with Crippen molar-refractivity contribution in [3.05, 3.63) is 90.3 Å². The molecule has 1 amide bonds. The van der Waals surface area contributed by atoms with E-state index in [4.69, 9.17) is 4.74 Å². The first kappa shape index (κ1) is 17.0. The third-order valence-electron chi connectivity index (χ3n) is 4.38. The van der Waals surface area contributed by atoms with Crippen LogP contribution in [0.2, 0.25) is 0 Å². The summed E-state index contributed by atoms with van der Waals surface area (Å²) in [4.78, 5) is 16.9. The second-order valence-electron chi connectivity index (χ2n) is 6.23. The molecule has 3 aromatic carbocycles. The van der Waals surface area contributed by atoms with Crippen LogP contribution in [0, 0.1) is 0 Å². The van der Waals surface area contributed by atoms with Crippen molar-refractivity contribution in [3.8, 4) is 5.69 Å². The van der Waals surface area contributed by atoms with Crippen LogP contribution in [0.4, 0.5) is 5.69 Å². The van der Waals surface area contributed by atoms with Crippen molar-refractivity contribution >= 4 is 22.6 Å². The lowest BCUT2D eigenvalue weighted by Gasteiger charge is -2.08. The fraction of sp³-hybridized carbons (Fsp3) is 0.0909. The number of fused-ring (bicyclic) bond motifs is 1. The molecule has 0 bridgehead atoms. The number of imidazole rings is 1. The molecule has 1 N–H and O–H groups in total. The van der Waals surface area contributed by atoms with Crippen molar-refractivity contribution in [2.24, 2.45) is 0 Å². The molecule has 0 saturated heterocycles. The predicted octanol–water partition coefficient (Wildman–Crippen LogP) is 4.42. The Hall–Kier alpha value is -3.44. The summed E-state index contributed by atoms with van der Waals surface area (Å²) in [6.45, 7) is 0.554. The van der Waals surface area contributed by atoms with E-state index in [1.54, 1.807) is 13.4 Å². The number of carbonyl (C=O) groups is 1. The van der Waals surface area contributed by atoms with Gasteiger partial charge in [-0.3, -0.25) is 9.36 Å². The van der Waals surface area contributed by atoms with Crippen LogP contribution in [-0.2, 0) is 11.3 Å². The lowest BCUT2D eigenvalue weighted by Crippen LogP contribution is -2.11. The minimum atomic E-state index is -0.142. The maximum absolute atomic E-state index is 12.5. The third kappa shape index (κ3) is 3.59. The Morgan fingerprint density at radius 1 is 1.00 bits per heavy atom. The molecule has 0 radical (unpaired) electrons. The smallest absolute Gasteiger partial charge is 0.255 e. The molecule has 0 aliphatic rings. The van der Waals surface area contributed by atoms with E-state index < -0.39 is 0 Å². The molecule has 4 aromatic rings. The molecule has 4 rings (SSSR count). The number of aromatic nitrogens is 2. The Labute approximate surface area is 157 Å². The molecule has 0 fully saturated rings. The second kappa shape index (κ2) is 7.43. The summed E-state index contributed by atoms with van der Waals surface area (Å²) in [6.07, 6.45) is 1.79. The van der Waals surface area contributed by atoms with Gasteiger partial charge in [0.25, 0.3) is 5.91 Å². The van der Waals surface area contributed by atoms with E-state index in [-0.39, 0.29) is 5.91 Å². The number of para-hydroxylation sites is 2. The fourth-order valence-corrected chi connectivity index (χ4v) is 2.99. The van der Waals surface area contributed by atoms with E-state index in [1.165, 1.54) is 0 Å². The molecule has 0 saturated carbocycles. The van der Waals surface area contributed by atoms with Gasteiger partial charge in [-0.2, -0.15) is 0 Å². The van der Waals surface area contributed by atoms with E-state index in [0.29, 0.717) is 12.2 Å². The van der Waals surface area contributed by atoms with Gasteiger partial charge >= 0.3 is 0 Å². The van der Waals surface area contributed by atoms with E-state index in [0.717, 1.165) is 28.0 Å². The normalized spacial score (nSPS) is 10.9. The Balaban J connectivity index is 1.50. The highest BCUT2D eigenvalue weighted by molar-refractivity contribution is 6.04. The van der Waals surface area contributed by atoms with E-state index in [9.17, 15) is 4.79 Å². The maximum Gasteiger partial charge on any atom is 0.255 e. The lowest BCUT2D eigenvalue weighted by molar-refractivity contribution is 0.102. The van der Waals surface area contributed by atoms with Gasteiger partial charge in [0.2, 0.25) is 0 Å². The molecule has 5 nitrogen and oxygen atoms in total. The number of anilines is 1. The molecular weight excluding hydrogens is 338 g/mol. The number of amides is 1. The summed E-state index contributed by atoms with van der Waals surface area (Å²) in [7, 11) is 1.66. The maximum atomic E-state index is 12.5. The van der Waals surface area contributed by atoms with Crippen molar-refractivity contribution in [1.29, 1.82) is 0 Å². The summed E-state index contributed by atoms with van der Waals surface area (Å²) < 4.78 is 7.10. The third-order valence-corrected chi connectivity index (χ3v) is 4.38. The van der Waals surface area contributed by atoms with Crippen LogP contribution >= 0.6 is 0 Å². The molecule has 1 heterocycles. The summed E-state index contributed by atoms with van der Waals surface area (Å²) in [5, 5.41) is 2.91. The Morgan fingerprint density at radius 2 is 1.74 bits per heavy atom. The monoisotopic (exact) mass is 357 g/mol. The largest absolute Gasteiger partial charge is 0.380 e. The molecule has 0 aliphatic heterocycles. The van der Waals surface area contributed by atoms with Crippen LogP contribution < -0.4 is 5.32 Å². The molecule has 0 aliphatic carbocycles. The minimum absolute atomic E-state index is 0.142. The van der Waals surface area contributed by atoms with E-state index in [2.05, 4.69) is 10.3 Å². The zero-order valence-electron chi connectivity index (χ0n) is 14.9.